The fourth-order valence-corrected chi connectivity index (χ4v) is 8.11. The Labute approximate surface area is 232 Å². The van der Waals surface area contributed by atoms with Crippen LogP contribution in [0.3, 0.4) is 0 Å². The molecule has 0 amide bonds. The highest BCUT2D eigenvalue weighted by atomic mass is 16.7. The van der Waals surface area contributed by atoms with Gasteiger partial charge in [-0.15, -0.1) is 0 Å². The first-order valence-electron chi connectivity index (χ1n) is 13.0. The van der Waals surface area contributed by atoms with Crippen molar-refractivity contribution in [3.05, 3.63) is 48.9 Å². The minimum Gasteiger partial charge on any atom is -0.509 e. The van der Waals surface area contributed by atoms with E-state index in [1.54, 1.807) is 6.92 Å². The van der Waals surface area contributed by atoms with Gasteiger partial charge < -0.3 is 44.1 Å². The maximum atomic E-state index is 13.7. The molecule has 1 saturated heterocycles. The summed E-state index contributed by atoms with van der Waals surface area (Å²) in [5, 5.41) is 49.4. The van der Waals surface area contributed by atoms with Crippen molar-refractivity contribution < 1.29 is 44.1 Å². The molecular weight excluding hydrogens is 536 g/mol. The highest BCUT2D eigenvalue weighted by Crippen LogP contribution is 2.68. The molecule has 7 rings (SSSR count). The summed E-state index contributed by atoms with van der Waals surface area (Å²) in [6.07, 6.45) is -2.00. The van der Waals surface area contributed by atoms with Gasteiger partial charge in [0.2, 0.25) is 5.79 Å². The van der Waals surface area contributed by atoms with E-state index in [9.17, 15) is 30.0 Å². The highest BCUT2D eigenvalue weighted by Gasteiger charge is 2.74. The Balaban J connectivity index is 2.02. The molecule has 1 spiro atoms. The molecular formula is C30H28O11. The van der Waals surface area contributed by atoms with Crippen molar-refractivity contribution in [2.75, 3.05) is 28.4 Å². The topological polar surface area (TPSA) is 161 Å². The molecule has 2 bridgehead atoms. The summed E-state index contributed by atoms with van der Waals surface area (Å²) in [4.78, 5) is 27.2. The van der Waals surface area contributed by atoms with Crippen LogP contribution in [-0.2, 0) is 20.7 Å². The number of aliphatic hydroxyl groups is 3. The maximum Gasteiger partial charge on any atom is 0.227 e. The van der Waals surface area contributed by atoms with Crippen molar-refractivity contribution in [2.24, 2.45) is 0 Å². The van der Waals surface area contributed by atoms with Gasteiger partial charge >= 0.3 is 0 Å². The molecule has 0 radical (unpaired) electrons. The van der Waals surface area contributed by atoms with E-state index >= 15 is 0 Å². The first-order valence-corrected chi connectivity index (χ1v) is 13.0. The molecule has 5 atom stereocenters. The summed E-state index contributed by atoms with van der Waals surface area (Å²) in [5.41, 5.74) is -4.79. The van der Waals surface area contributed by atoms with Gasteiger partial charge in [0.25, 0.3) is 0 Å². The standard InChI is InChI=1S/C30H28O11/c1-10-9-29-22-20-16(25(34)27(29)40-6)12(32)8-14(38-4)18(20)17-13(37-3)7-11(31)15-19(17)21(22)23(26(39-5)24(15)33)30(36,41-10)28(29,2)35/h7-8,10,27,33-36H,9H2,1-6H3/t10-,27+,28+,29+,30-/m0/s1. The summed E-state index contributed by atoms with van der Waals surface area (Å²) >= 11 is 0. The largest absolute Gasteiger partial charge is 0.509 e. The number of fused-ring (bicyclic) bond motifs is 3. The van der Waals surface area contributed by atoms with E-state index in [0.717, 1.165) is 0 Å². The van der Waals surface area contributed by atoms with Gasteiger partial charge in [0, 0.05) is 46.2 Å². The maximum absolute atomic E-state index is 13.7. The molecule has 214 valence electrons. The van der Waals surface area contributed by atoms with E-state index in [-0.39, 0.29) is 56.0 Å². The average molecular weight is 565 g/mol. The summed E-state index contributed by atoms with van der Waals surface area (Å²) in [6.45, 7) is 3.05. The molecule has 0 saturated carbocycles. The molecule has 0 unspecified atom stereocenters. The van der Waals surface area contributed by atoms with E-state index in [0.29, 0.717) is 16.3 Å². The number of aliphatic hydroxyl groups excluding tert-OH is 1. The first-order chi connectivity index (χ1) is 19.4. The number of hydrogen-bond donors (Lipinski definition) is 4. The van der Waals surface area contributed by atoms with E-state index in [1.807, 2.05) is 0 Å². The van der Waals surface area contributed by atoms with Crippen LogP contribution >= 0.6 is 0 Å². The van der Waals surface area contributed by atoms with Crippen molar-refractivity contribution >= 4 is 38.1 Å². The smallest absolute Gasteiger partial charge is 0.227 e. The molecule has 1 aliphatic heterocycles. The lowest BCUT2D eigenvalue weighted by Crippen LogP contribution is -2.75. The van der Waals surface area contributed by atoms with Crippen LogP contribution < -0.4 is 30.3 Å². The molecule has 4 aromatic rings. The number of methoxy groups -OCH3 is 4. The summed E-state index contributed by atoms with van der Waals surface area (Å²) in [6, 6.07) is 2.43. The molecule has 1 fully saturated rings. The van der Waals surface area contributed by atoms with Crippen LogP contribution in [0.1, 0.15) is 31.4 Å². The lowest BCUT2D eigenvalue weighted by Gasteiger charge is -2.63. The fourth-order valence-electron chi connectivity index (χ4n) is 8.11. The number of hydrogen-bond acceptors (Lipinski definition) is 11. The Morgan fingerprint density at radius 2 is 1.44 bits per heavy atom. The van der Waals surface area contributed by atoms with Crippen LogP contribution in [-0.4, -0.2) is 66.7 Å². The lowest BCUT2D eigenvalue weighted by molar-refractivity contribution is -0.376. The van der Waals surface area contributed by atoms with Crippen LogP contribution in [0.4, 0.5) is 0 Å². The highest BCUT2D eigenvalue weighted by molar-refractivity contribution is 6.30. The molecule has 41 heavy (non-hydrogen) atoms. The summed E-state index contributed by atoms with van der Waals surface area (Å²) < 4.78 is 29.0. The van der Waals surface area contributed by atoms with Gasteiger partial charge in [0.15, 0.2) is 22.4 Å². The minimum atomic E-state index is -2.53. The third-order valence-electron chi connectivity index (χ3n) is 9.57. The van der Waals surface area contributed by atoms with Crippen LogP contribution in [0.15, 0.2) is 21.7 Å². The zero-order valence-electron chi connectivity index (χ0n) is 23.2. The van der Waals surface area contributed by atoms with Gasteiger partial charge in [-0.1, -0.05) is 0 Å². The number of rotatable bonds is 4. The van der Waals surface area contributed by atoms with Gasteiger partial charge in [0.05, 0.1) is 49.0 Å². The number of ether oxygens (including phenoxy) is 5. The molecule has 11 nitrogen and oxygen atoms in total. The monoisotopic (exact) mass is 564 g/mol. The third kappa shape index (κ3) is 2.48. The Morgan fingerprint density at radius 3 is 2.02 bits per heavy atom. The van der Waals surface area contributed by atoms with Gasteiger partial charge in [-0.3, -0.25) is 9.59 Å². The Bertz CT molecular complexity index is 2030. The average Bonchev–Trinajstić information content (AvgIpc) is 2.91. The van der Waals surface area contributed by atoms with Crippen molar-refractivity contribution in [3.8, 4) is 23.0 Å². The van der Waals surface area contributed by atoms with Gasteiger partial charge in [-0.25, -0.2) is 0 Å². The second-order valence-corrected chi connectivity index (χ2v) is 11.2. The first kappa shape index (κ1) is 26.0. The van der Waals surface area contributed by atoms with E-state index < -0.39 is 51.4 Å². The number of phenolic OH excluding ortho intramolecular Hbond substituents is 1. The second kappa shape index (κ2) is 7.68. The molecule has 4 aromatic carbocycles. The predicted octanol–water partition coefficient (Wildman–Crippen LogP) is 1.41. The van der Waals surface area contributed by atoms with Crippen molar-refractivity contribution in [1.29, 1.82) is 0 Å². The Morgan fingerprint density at radius 1 is 0.829 bits per heavy atom. The van der Waals surface area contributed by atoms with Crippen LogP contribution in [0, 0.1) is 0 Å². The van der Waals surface area contributed by atoms with Crippen molar-refractivity contribution in [2.45, 2.75) is 49.3 Å². The molecule has 4 N–H and O–H groups in total. The van der Waals surface area contributed by atoms with E-state index in [2.05, 4.69) is 0 Å². The van der Waals surface area contributed by atoms with Gasteiger partial charge in [0.1, 0.15) is 29.0 Å². The Kier molecular flexibility index (Phi) is 4.88. The number of benzene rings is 4. The molecule has 0 aromatic heterocycles. The van der Waals surface area contributed by atoms with Crippen LogP contribution in [0.5, 0.6) is 23.0 Å². The molecule has 11 heteroatoms. The van der Waals surface area contributed by atoms with Gasteiger partial charge in [-0.05, 0) is 25.8 Å². The van der Waals surface area contributed by atoms with E-state index in [4.69, 9.17) is 23.7 Å². The zero-order valence-corrected chi connectivity index (χ0v) is 23.2. The lowest BCUT2D eigenvalue weighted by atomic mass is 9.49. The molecule has 2 aliphatic carbocycles. The van der Waals surface area contributed by atoms with Gasteiger partial charge in [-0.2, -0.15) is 0 Å². The fraction of sp³-hybridized carbons (Fsp3) is 0.400. The molecule has 1 heterocycles. The predicted molar refractivity (Wildman–Crippen MR) is 147 cm³/mol. The van der Waals surface area contributed by atoms with Crippen LogP contribution in [0.25, 0.3) is 38.1 Å². The third-order valence-corrected chi connectivity index (χ3v) is 9.57. The van der Waals surface area contributed by atoms with Crippen molar-refractivity contribution in [3.63, 3.8) is 0 Å². The quantitative estimate of drug-likeness (QED) is 0.210. The molecule has 3 aliphatic rings. The second-order valence-electron chi connectivity index (χ2n) is 11.2. The van der Waals surface area contributed by atoms with E-state index in [1.165, 1.54) is 47.5 Å². The summed E-state index contributed by atoms with van der Waals surface area (Å²) in [7, 11) is 5.35. The Hall–Kier alpha value is -3.90. The zero-order chi connectivity index (χ0) is 29.5. The number of phenols is 1. The van der Waals surface area contributed by atoms with Crippen LogP contribution in [0.2, 0.25) is 0 Å². The minimum absolute atomic E-state index is 0.0398. The van der Waals surface area contributed by atoms with Crippen molar-refractivity contribution in [1.82, 2.24) is 0 Å². The normalized spacial score (nSPS) is 30.0. The number of aromatic hydroxyl groups is 1. The summed E-state index contributed by atoms with van der Waals surface area (Å²) in [5.74, 6) is -3.56. The SMILES string of the molecule is COc1c2c3c4c5c(c(=O)cc(OC)c5c5c(OC)cc(=O)c(c1O)c35)=C(O)[C@@H](OC)[C@@]41C[C@H](C)O[C@]2(O)[C@]1(C)O.